The number of hydrogen-bond donors (Lipinski definition) is 2. The van der Waals surface area contributed by atoms with Crippen molar-refractivity contribution in [3.8, 4) is 0 Å². The third kappa shape index (κ3) is 3.05. The first kappa shape index (κ1) is 16.3. The zero-order chi connectivity index (χ0) is 17.3. The predicted molar refractivity (Wildman–Crippen MR) is 96.9 cm³/mol. The molecule has 0 radical (unpaired) electrons. The molecule has 3 aromatic rings. The van der Waals surface area contributed by atoms with Crippen LogP contribution < -0.4 is 4.83 Å². The molecule has 5 nitrogen and oxygen atoms in total. The van der Waals surface area contributed by atoms with Crippen molar-refractivity contribution >= 4 is 27.1 Å². The van der Waals surface area contributed by atoms with Crippen molar-refractivity contribution in [1.29, 1.82) is 0 Å². The zero-order valence-electron chi connectivity index (χ0n) is 13.8. The van der Waals surface area contributed by atoms with Gasteiger partial charge in [0.25, 0.3) is 10.0 Å². The Labute approximate surface area is 141 Å². The number of sulfonamides is 1. The van der Waals surface area contributed by atoms with Crippen LogP contribution in [0.3, 0.4) is 0 Å². The van der Waals surface area contributed by atoms with E-state index in [4.69, 9.17) is 0 Å². The van der Waals surface area contributed by atoms with Crippen LogP contribution in [0.5, 0.6) is 0 Å². The highest BCUT2D eigenvalue weighted by Gasteiger charge is 2.13. The van der Waals surface area contributed by atoms with Crippen LogP contribution in [0.4, 0.5) is 0 Å². The van der Waals surface area contributed by atoms with Gasteiger partial charge in [-0.15, -0.1) is 0 Å². The molecule has 0 saturated heterocycles. The fourth-order valence-corrected chi connectivity index (χ4v) is 3.43. The molecule has 0 aliphatic heterocycles. The molecule has 0 aliphatic carbocycles. The van der Waals surface area contributed by atoms with E-state index in [1.54, 1.807) is 18.2 Å². The highest BCUT2D eigenvalue weighted by atomic mass is 32.2. The summed E-state index contributed by atoms with van der Waals surface area (Å²) < 4.78 is 24.7. The van der Waals surface area contributed by atoms with Crippen LogP contribution in [0.1, 0.15) is 22.4 Å². The van der Waals surface area contributed by atoms with Gasteiger partial charge in [0.2, 0.25) is 0 Å². The van der Waals surface area contributed by atoms with Crippen molar-refractivity contribution < 1.29 is 8.42 Å². The summed E-state index contributed by atoms with van der Waals surface area (Å²) in [5.41, 5.74) is 4.77. The van der Waals surface area contributed by atoms with E-state index in [1.807, 2.05) is 45.0 Å². The lowest BCUT2D eigenvalue weighted by molar-refractivity contribution is 0.584. The van der Waals surface area contributed by atoms with Crippen molar-refractivity contribution in [3.05, 3.63) is 64.8 Å². The third-order valence-electron chi connectivity index (χ3n) is 4.10. The number of benzene rings is 2. The van der Waals surface area contributed by atoms with Gasteiger partial charge in [0.05, 0.1) is 11.1 Å². The van der Waals surface area contributed by atoms with Crippen LogP contribution in [0.15, 0.2) is 52.5 Å². The smallest absolute Gasteiger partial charge is 0.276 e. The van der Waals surface area contributed by atoms with Gasteiger partial charge in [-0.3, -0.25) is 0 Å². The number of hydrazone groups is 1. The van der Waals surface area contributed by atoms with Gasteiger partial charge in [0.1, 0.15) is 0 Å². The molecule has 1 heterocycles. The second-order valence-corrected chi connectivity index (χ2v) is 7.47. The molecule has 0 bridgehead atoms. The molecule has 2 aromatic carbocycles. The van der Waals surface area contributed by atoms with E-state index in [2.05, 4.69) is 14.9 Å². The minimum Gasteiger partial charge on any atom is -0.358 e. The molecule has 0 spiro atoms. The lowest BCUT2D eigenvalue weighted by Gasteiger charge is -2.06. The Hall–Kier alpha value is -2.60. The minimum atomic E-state index is -3.68. The van der Waals surface area contributed by atoms with E-state index in [9.17, 15) is 8.42 Å². The number of hydrogen-bond acceptors (Lipinski definition) is 3. The zero-order valence-corrected chi connectivity index (χ0v) is 14.6. The molecule has 24 heavy (non-hydrogen) atoms. The lowest BCUT2D eigenvalue weighted by atomic mass is 10.1. The minimum absolute atomic E-state index is 0.207. The molecule has 0 unspecified atom stereocenters. The van der Waals surface area contributed by atoms with Gasteiger partial charge in [-0.05, 0) is 50.1 Å². The maximum Gasteiger partial charge on any atom is 0.276 e. The van der Waals surface area contributed by atoms with Crippen LogP contribution in [0.25, 0.3) is 10.9 Å². The molecule has 0 fully saturated rings. The molecule has 1 aromatic heterocycles. The molecule has 0 saturated carbocycles. The SMILES string of the molecule is Cc1ccc(S(=O)(=O)NN=Cc2c(C)[nH]c3ccccc23)cc1C. The second-order valence-electron chi connectivity index (χ2n) is 5.81. The van der Waals surface area contributed by atoms with Crippen LogP contribution in [-0.4, -0.2) is 19.6 Å². The molecule has 124 valence electrons. The van der Waals surface area contributed by atoms with Crippen LogP contribution >= 0.6 is 0 Å². The van der Waals surface area contributed by atoms with Crippen LogP contribution in [0, 0.1) is 20.8 Å². The number of fused-ring (bicyclic) bond motifs is 1. The van der Waals surface area contributed by atoms with Gasteiger partial charge >= 0.3 is 0 Å². The number of aromatic nitrogens is 1. The average Bonchev–Trinajstić information content (AvgIpc) is 2.86. The van der Waals surface area contributed by atoms with Crippen molar-refractivity contribution in [1.82, 2.24) is 9.82 Å². The molecule has 2 N–H and O–H groups in total. The summed E-state index contributed by atoms with van der Waals surface area (Å²) in [7, 11) is -3.68. The van der Waals surface area contributed by atoms with Crippen molar-refractivity contribution in [2.24, 2.45) is 5.10 Å². The number of nitrogens with zero attached hydrogens (tertiary/aromatic N) is 1. The highest BCUT2D eigenvalue weighted by molar-refractivity contribution is 7.89. The first-order chi connectivity index (χ1) is 11.4. The summed E-state index contributed by atoms with van der Waals surface area (Å²) in [6, 6.07) is 12.8. The quantitative estimate of drug-likeness (QED) is 0.564. The Bertz CT molecular complexity index is 1030. The summed E-state index contributed by atoms with van der Waals surface area (Å²) in [5, 5.41) is 4.95. The third-order valence-corrected chi connectivity index (χ3v) is 5.32. The number of H-pyrrole nitrogens is 1. The molecule has 6 heteroatoms. The fourth-order valence-electron chi connectivity index (χ4n) is 2.56. The van der Waals surface area contributed by atoms with Crippen molar-refractivity contribution in [2.75, 3.05) is 0 Å². The number of para-hydroxylation sites is 1. The normalized spacial score (nSPS) is 12.1. The number of aromatic amines is 1. The van der Waals surface area contributed by atoms with E-state index in [1.165, 1.54) is 6.21 Å². The molecule has 3 rings (SSSR count). The van der Waals surface area contributed by atoms with E-state index in [0.717, 1.165) is 33.3 Å². The summed E-state index contributed by atoms with van der Waals surface area (Å²) in [4.78, 5) is 5.74. The van der Waals surface area contributed by atoms with Gasteiger partial charge in [0.15, 0.2) is 0 Å². The first-order valence-corrected chi connectivity index (χ1v) is 9.06. The highest BCUT2D eigenvalue weighted by Crippen LogP contribution is 2.20. The standard InChI is InChI=1S/C18H19N3O2S/c1-12-8-9-15(10-13(12)2)24(22,23)21-19-11-17-14(3)20-18-7-5-4-6-16(17)18/h4-11,20-21H,1-3H3. The Morgan fingerprint density at radius 2 is 1.79 bits per heavy atom. The van der Waals surface area contributed by atoms with E-state index >= 15 is 0 Å². The topological polar surface area (TPSA) is 74.3 Å². The summed E-state index contributed by atoms with van der Waals surface area (Å²) in [5.74, 6) is 0. The van der Waals surface area contributed by atoms with E-state index in [-0.39, 0.29) is 4.90 Å². The second kappa shape index (κ2) is 6.13. The summed E-state index contributed by atoms with van der Waals surface area (Å²) in [6.07, 6.45) is 1.53. The molecule has 0 amide bonds. The van der Waals surface area contributed by atoms with Crippen molar-refractivity contribution in [2.45, 2.75) is 25.7 Å². The number of nitrogens with one attached hydrogen (secondary N) is 2. The number of rotatable bonds is 4. The van der Waals surface area contributed by atoms with E-state index < -0.39 is 10.0 Å². The Morgan fingerprint density at radius 3 is 2.54 bits per heavy atom. The van der Waals surface area contributed by atoms with Crippen LogP contribution in [-0.2, 0) is 10.0 Å². The lowest BCUT2D eigenvalue weighted by Crippen LogP contribution is -2.18. The van der Waals surface area contributed by atoms with E-state index in [0.29, 0.717) is 0 Å². The average molecular weight is 341 g/mol. The van der Waals surface area contributed by atoms with Gasteiger partial charge in [-0.25, -0.2) is 4.83 Å². The van der Waals surface area contributed by atoms with Gasteiger partial charge < -0.3 is 4.98 Å². The number of aryl methyl sites for hydroxylation is 3. The molecular weight excluding hydrogens is 322 g/mol. The summed E-state index contributed by atoms with van der Waals surface area (Å²) in [6.45, 7) is 5.75. The first-order valence-electron chi connectivity index (χ1n) is 7.58. The summed E-state index contributed by atoms with van der Waals surface area (Å²) >= 11 is 0. The molecule has 0 aliphatic rings. The molecular formula is C18H19N3O2S. The monoisotopic (exact) mass is 341 g/mol. The fraction of sp³-hybridized carbons (Fsp3) is 0.167. The van der Waals surface area contributed by atoms with Gasteiger partial charge in [-0.2, -0.15) is 13.5 Å². The maximum absolute atomic E-state index is 12.3. The Balaban J connectivity index is 1.87. The Morgan fingerprint density at radius 1 is 1.04 bits per heavy atom. The van der Waals surface area contributed by atoms with Crippen LogP contribution in [0.2, 0.25) is 0 Å². The maximum atomic E-state index is 12.3. The van der Waals surface area contributed by atoms with Gasteiger partial charge in [0, 0.05) is 22.2 Å². The largest absolute Gasteiger partial charge is 0.358 e. The molecule has 0 atom stereocenters. The predicted octanol–water partition coefficient (Wildman–Crippen LogP) is 3.41. The van der Waals surface area contributed by atoms with Crippen molar-refractivity contribution in [3.63, 3.8) is 0 Å². The van der Waals surface area contributed by atoms with Gasteiger partial charge in [-0.1, -0.05) is 24.3 Å². The Kier molecular flexibility index (Phi) is 4.15.